The van der Waals surface area contributed by atoms with Crippen LogP contribution < -0.4 is 0 Å². The van der Waals surface area contributed by atoms with Crippen LogP contribution in [0.15, 0.2) is 35.2 Å². The topological polar surface area (TPSA) is 43.4 Å². The van der Waals surface area contributed by atoms with Crippen LogP contribution in [0.25, 0.3) is 0 Å². The Hall–Kier alpha value is -1.16. The lowest BCUT2D eigenvalue weighted by Crippen LogP contribution is -2.29. The molecule has 1 aromatic rings. The minimum absolute atomic E-state index is 0.339. The smallest absolute Gasteiger partial charge is 0.312 e. The maximum absolute atomic E-state index is 12.0. The second-order valence-electron chi connectivity index (χ2n) is 4.83. The molecular weight excluding hydrogens is 236 g/mol. The van der Waals surface area contributed by atoms with Crippen molar-refractivity contribution in [2.75, 3.05) is 0 Å². The predicted molar refractivity (Wildman–Crippen MR) is 67.9 cm³/mol. The average Bonchev–Trinajstić information content (AvgIpc) is 2.27. The highest BCUT2D eigenvalue weighted by Crippen LogP contribution is 2.19. The van der Waals surface area contributed by atoms with Crippen molar-refractivity contribution in [3.05, 3.63) is 30.3 Å². The molecule has 4 heteroatoms. The van der Waals surface area contributed by atoms with E-state index in [2.05, 4.69) is 0 Å². The van der Waals surface area contributed by atoms with Gasteiger partial charge in [-0.1, -0.05) is 18.2 Å². The molecule has 0 aliphatic carbocycles. The molecule has 0 aromatic heterocycles. The van der Waals surface area contributed by atoms with E-state index < -0.39 is 21.7 Å². The molecule has 0 saturated heterocycles. The fourth-order valence-corrected chi connectivity index (χ4v) is 2.10. The predicted octanol–water partition coefficient (Wildman–Crippen LogP) is 2.73. The van der Waals surface area contributed by atoms with Crippen molar-refractivity contribution in [2.24, 2.45) is 5.41 Å². The van der Waals surface area contributed by atoms with Gasteiger partial charge in [-0.3, -0.25) is 9.00 Å². The van der Waals surface area contributed by atoms with E-state index >= 15 is 0 Å². The summed E-state index contributed by atoms with van der Waals surface area (Å²) in [6.45, 7) is 6.96. The normalized spacial score (nSPS) is 15.1. The van der Waals surface area contributed by atoms with Crippen LogP contribution in [-0.4, -0.2) is 15.6 Å². The van der Waals surface area contributed by atoms with Gasteiger partial charge in [0.05, 0.1) is 16.2 Å². The number of benzene rings is 1. The van der Waals surface area contributed by atoms with E-state index in [0.29, 0.717) is 4.90 Å². The van der Waals surface area contributed by atoms with Crippen LogP contribution >= 0.6 is 0 Å². The maximum Gasteiger partial charge on any atom is 0.312 e. The Kier molecular flexibility index (Phi) is 4.46. The summed E-state index contributed by atoms with van der Waals surface area (Å²) in [6.07, 6.45) is 0. The van der Waals surface area contributed by atoms with Crippen LogP contribution in [0, 0.1) is 5.41 Å². The van der Waals surface area contributed by atoms with E-state index in [-0.39, 0.29) is 5.97 Å². The molecule has 0 radical (unpaired) electrons. The molecule has 0 saturated carbocycles. The standard InChI is InChI=1S/C13H18O3S/c1-10(16-12(14)13(2,3)4)17(15)11-8-6-5-7-9-11/h5-10H,1-4H3. The maximum atomic E-state index is 12.0. The third-order valence-electron chi connectivity index (χ3n) is 2.16. The third kappa shape index (κ3) is 3.97. The number of hydrogen-bond acceptors (Lipinski definition) is 3. The van der Waals surface area contributed by atoms with Crippen molar-refractivity contribution in [2.45, 2.75) is 38.0 Å². The lowest BCUT2D eigenvalue weighted by molar-refractivity contribution is -0.154. The minimum Gasteiger partial charge on any atom is -0.448 e. The summed E-state index contributed by atoms with van der Waals surface area (Å²) >= 11 is 0. The molecule has 0 aliphatic heterocycles. The summed E-state index contributed by atoms with van der Waals surface area (Å²) < 4.78 is 17.2. The van der Waals surface area contributed by atoms with Gasteiger partial charge in [0.1, 0.15) is 0 Å². The van der Waals surface area contributed by atoms with Gasteiger partial charge in [0.15, 0.2) is 5.44 Å². The van der Waals surface area contributed by atoms with Crippen LogP contribution in [0.1, 0.15) is 27.7 Å². The van der Waals surface area contributed by atoms with E-state index in [4.69, 9.17) is 4.74 Å². The van der Waals surface area contributed by atoms with Crippen LogP contribution in [0.4, 0.5) is 0 Å². The monoisotopic (exact) mass is 254 g/mol. The van der Waals surface area contributed by atoms with Gasteiger partial charge in [0.2, 0.25) is 0 Å². The summed E-state index contributed by atoms with van der Waals surface area (Å²) in [6, 6.07) is 9.00. The zero-order valence-electron chi connectivity index (χ0n) is 10.6. The van der Waals surface area contributed by atoms with Crippen LogP contribution in [0.2, 0.25) is 0 Å². The molecule has 0 aliphatic rings. The second kappa shape index (κ2) is 5.45. The number of esters is 1. The molecule has 0 fully saturated rings. The summed E-state index contributed by atoms with van der Waals surface area (Å²) in [4.78, 5) is 12.3. The highest BCUT2D eigenvalue weighted by molar-refractivity contribution is 7.85. The molecule has 1 rings (SSSR count). The van der Waals surface area contributed by atoms with Gasteiger partial charge < -0.3 is 4.74 Å². The van der Waals surface area contributed by atoms with E-state index in [1.807, 2.05) is 18.2 Å². The van der Waals surface area contributed by atoms with Crippen molar-refractivity contribution in [3.8, 4) is 0 Å². The summed E-state index contributed by atoms with van der Waals surface area (Å²) in [7, 11) is -1.33. The van der Waals surface area contributed by atoms with Gasteiger partial charge >= 0.3 is 5.97 Å². The van der Waals surface area contributed by atoms with Crippen molar-refractivity contribution < 1.29 is 13.7 Å². The molecule has 17 heavy (non-hydrogen) atoms. The number of rotatable bonds is 3. The first-order valence-corrected chi connectivity index (χ1v) is 6.70. The third-order valence-corrected chi connectivity index (χ3v) is 3.60. The van der Waals surface area contributed by atoms with E-state index in [1.54, 1.807) is 39.8 Å². The van der Waals surface area contributed by atoms with Crippen molar-refractivity contribution >= 4 is 16.8 Å². The van der Waals surface area contributed by atoms with Gasteiger partial charge in [-0.05, 0) is 39.8 Å². The highest BCUT2D eigenvalue weighted by atomic mass is 32.2. The first-order valence-electron chi connectivity index (χ1n) is 5.49. The average molecular weight is 254 g/mol. The van der Waals surface area contributed by atoms with Gasteiger partial charge in [-0.15, -0.1) is 0 Å². The number of carbonyl (C=O) groups is 1. The van der Waals surface area contributed by atoms with Crippen molar-refractivity contribution in [3.63, 3.8) is 0 Å². The fourth-order valence-electron chi connectivity index (χ4n) is 1.12. The first-order chi connectivity index (χ1) is 7.82. The Morgan fingerprint density at radius 2 is 1.76 bits per heavy atom. The van der Waals surface area contributed by atoms with Crippen LogP contribution in [0.3, 0.4) is 0 Å². The molecule has 1 aromatic carbocycles. The lowest BCUT2D eigenvalue weighted by Gasteiger charge is -2.20. The summed E-state index contributed by atoms with van der Waals surface area (Å²) in [5.74, 6) is -0.339. The van der Waals surface area contributed by atoms with Gasteiger partial charge in [0, 0.05) is 4.90 Å². The van der Waals surface area contributed by atoms with E-state index in [9.17, 15) is 9.00 Å². The Labute approximate surface area is 105 Å². The molecule has 3 nitrogen and oxygen atoms in total. The number of ether oxygens (including phenoxy) is 1. The molecule has 0 N–H and O–H groups in total. The quantitative estimate of drug-likeness (QED) is 0.779. The Bertz CT molecular complexity index is 406. The molecule has 2 atom stereocenters. The van der Waals surface area contributed by atoms with E-state index in [1.165, 1.54) is 0 Å². The van der Waals surface area contributed by atoms with Gasteiger partial charge in [0.25, 0.3) is 0 Å². The second-order valence-corrected chi connectivity index (χ2v) is 6.56. The molecule has 0 bridgehead atoms. The molecule has 94 valence electrons. The van der Waals surface area contributed by atoms with Crippen molar-refractivity contribution in [1.29, 1.82) is 0 Å². The number of hydrogen-bond donors (Lipinski definition) is 0. The fraction of sp³-hybridized carbons (Fsp3) is 0.462. The highest BCUT2D eigenvalue weighted by Gasteiger charge is 2.27. The first kappa shape index (κ1) is 13.9. The molecule has 0 heterocycles. The van der Waals surface area contributed by atoms with Crippen LogP contribution in [0.5, 0.6) is 0 Å². The molecule has 0 amide bonds. The SMILES string of the molecule is CC(OC(=O)C(C)(C)C)S(=O)c1ccccc1. The van der Waals surface area contributed by atoms with Gasteiger partial charge in [-0.25, -0.2) is 0 Å². The summed E-state index contributed by atoms with van der Waals surface area (Å²) in [5, 5.41) is 0. The largest absolute Gasteiger partial charge is 0.448 e. The van der Waals surface area contributed by atoms with Gasteiger partial charge in [-0.2, -0.15) is 0 Å². The molecular formula is C13H18O3S. The Morgan fingerprint density at radius 1 is 1.24 bits per heavy atom. The zero-order valence-corrected chi connectivity index (χ0v) is 11.4. The lowest BCUT2D eigenvalue weighted by atomic mass is 9.97. The molecule has 0 spiro atoms. The number of carbonyl (C=O) groups excluding carboxylic acids is 1. The Morgan fingerprint density at radius 3 is 2.24 bits per heavy atom. The summed E-state index contributed by atoms with van der Waals surface area (Å²) in [5.41, 5.74) is -1.21. The molecule has 2 unspecified atom stereocenters. The van der Waals surface area contributed by atoms with E-state index in [0.717, 1.165) is 0 Å². The minimum atomic E-state index is -1.33. The Balaban J connectivity index is 2.69. The zero-order chi connectivity index (χ0) is 13.1. The van der Waals surface area contributed by atoms with Crippen LogP contribution in [-0.2, 0) is 20.3 Å². The van der Waals surface area contributed by atoms with Crippen molar-refractivity contribution in [1.82, 2.24) is 0 Å².